The van der Waals surface area contributed by atoms with Crippen LogP contribution < -0.4 is 0 Å². The van der Waals surface area contributed by atoms with Crippen LogP contribution in [0.4, 0.5) is 0 Å². The van der Waals surface area contributed by atoms with E-state index in [1.54, 1.807) is 0 Å². The standard InChI is InChI=1S/C11H13NO/c1-9-4-6-10(7-5-9)11(13)3-2-8-12/h4-7,11,13H,2-3H2,1H3/t11-/m1/s1. The summed E-state index contributed by atoms with van der Waals surface area (Å²) >= 11 is 0. The number of nitriles is 1. The average molecular weight is 175 g/mol. The Labute approximate surface area is 78.4 Å². The summed E-state index contributed by atoms with van der Waals surface area (Å²) < 4.78 is 0. The van der Waals surface area contributed by atoms with Crippen molar-refractivity contribution in [2.45, 2.75) is 25.9 Å². The molecular weight excluding hydrogens is 162 g/mol. The van der Waals surface area contributed by atoms with Gasteiger partial charge in [0.1, 0.15) is 0 Å². The van der Waals surface area contributed by atoms with Crippen LogP contribution in [-0.4, -0.2) is 5.11 Å². The highest BCUT2D eigenvalue weighted by atomic mass is 16.3. The van der Waals surface area contributed by atoms with Crippen molar-refractivity contribution in [1.29, 1.82) is 5.26 Å². The zero-order valence-electron chi connectivity index (χ0n) is 7.70. The van der Waals surface area contributed by atoms with Crippen molar-refractivity contribution >= 4 is 0 Å². The molecular formula is C11H13NO. The van der Waals surface area contributed by atoms with Gasteiger partial charge in [-0.1, -0.05) is 29.8 Å². The lowest BCUT2D eigenvalue weighted by atomic mass is 10.0. The Morgan fingerprint density at radius 2 is 2.00 bits per heavy atom. The summed E-state index contributed by atoms with van der Waals surface area (Å²) in [6.45, 7) is 2.01. The molecule has 0 aliphatic rings. The molecule has 0 unspecified atom stereocenters. The summed E-state index contributed by atoms with van der Waals surface area (Å²) in [5, 5.41) is 17.9. The first kappa shape index (κ1) is 9.76. The zero-order chi connectivity index (χ0) is 9.68. The number of aryl methyl sites for hydroxylation is 1. The van der Waals surface area contributed by atoms with Gasteiger partial charge < -0.3 is 5.11 Å². The molecule has 2 heteroatoms. The van der Waals surface area contributed by atoms with Gasteiger partial charge in [-0.25, -0.2) is 0 Å². The zero-order valence-corrected chi connectivity index (χ0v) is 7.70. The third-order valence-electron chi connectivity index (χ3n) is 1.99. The van der Waals surface area contributed by atoms with Gasteiger partial charge in [-0.3, -0.25) is 0 Å². The van der Waals surface area contributed by atoms with Crippen LogP contribution in [0.25, 0.3) is 0 Å². The Hall–Kier alpha value is -1.33. The Bertz CT molecular complexity index is 297. The molecule has 0 saturated carbocycles. The predicted octanol–water partition coefficient (Wildman–Crippen LogP) is 2.33. The second-order valence-corrected chi connectivity index (χ2v) is 3.12. The molecule has 0 spiro atoms. The molecule has 13 heavy (non-hydrogen) atoms. The van der Waals surface area contributed by atoms with E-state index in [1.165, 1.54) is 5.56 Å². The molecule has 1 N–H and O–H groups in total. The molecule has 0 aliphatic heterocycles. The van der Waals surface area contributed by atoms with Crippen LogP contribution in [0, 0.1) is 18.3 Å². The smallest absolute Gasteiger partial charge is 0.0799 e. The van der Waals surface area contributed by atoms with Crippen LogP contribution in [-0.2, 0) is 0 Å². The maximum absolute atomic E-state index is 9.59. The lowest BCUT2D eigenvalue weighted by Crippen LogP contribution is -1.96. The minimum Gasteiger partial charge on any atom is -0.388 e. The molecule has 0 heterocycles. The monoisotopic (exact) mass is 175 g/mol. The summed E-state index contributed by atoms with van der Waals surface area (Å²) in [5.74, 6) is 0. The van der Waals surface area contributed by atoms with Crippen molar-refractivity contribution < 1.29 is 5.11 Å². The van der Waals surface area contributed by atoms with Crippen LogP contribution >= 0.6 is 0 Å². The predicted molar refractivity (Wildman–Crippen MR) is 51.0 cm³/mol. The topological polar surface area (TPSA) is 44.0 Å². The highest BCUT2D eigenvalue weighted by Crippen LogP contribution is 2.17. The molecule has 0 saturated heterocycles. The Morgan fingerprint density at radius 1 is 1.38 bits per heavy atom. The molecule has 0 fully saturated rings. The van der Waals surface area contributed by atoms with E-state index in [9.17, 15) is 5.11 Å². The molecule has 1 rings (SSSR count). The van der Waals surface area contributed by atoms with E-state index in [0.29, 0.717) is 12.8 Å². The number of aliphatic hydroxyl groups is 1. The fraction of sp³-hybridized carbons (Fsp3) is 0.364. The summed E-state index contributed by atoms with van der Waals surface area (Å²) in [6, 6.07) is 9.75. The van der Waals surface area contributed by atoms with Crippen molar-refractivity contribution in [3.63, 3.8) is 0 Å². The third-order valence-corrected chi connectivity index (χ3v) is 1.99. The van der Waals surface area contributed by atoms with Crippen LogP contribution in [0.2, 0.25) is 0 Å². The van der Waals surface area contributed by atoms with E-state index in [0.717, 1.165) is 5.56 Å². The maximum Gasteiger partial charge on any atom is 0.0799 e. The number of rotatable bonds is 3. The first-order valence-electron chi connectivity index (χ1n) is 4.35. The number of nitrogens with zero attached hydrogens (tertiary/aromatic N) is 1. The molecule has 2 nitrogen and oxygen atoms in total. The van der Waals surface area contributed by atoms with Crippen LogP contribution in [0.5, 0.6) is 0 Å². The molecule has 0 aliphatic carbocycles. The first-order chi connectivity index (χ1) is 6.24. The van der Waals surface area contributed by atoms with Crippen molar-refractivity contribution in [2.75, 3.05) is 0 Å². The Kier molecular flexibility index (Phi) is 3.48. The van der Waals surface area contributed by atoms with E-state index < -0.39 is 6.10 Å². The van der Waals surface area contributed by atoms with Gasteiger partial charge in [-0.2, -0.15) is 5.26 Å². The molecule has 68 valence electrons. The molecule has 0 aromatic heterocycles. The number of hydrogen-bond acceptors (Lipinski definition) is 2. The Morgan fingerprint density at radius 3 is 2.54 bits per heavy atom. The fourth-order valence-electron chi connectivity index (χ4n) is 1.16. The molecule has 0 radical (unpaired) electrons. The minimum absolute atomic E-state index is 0.398. The molecule has 0 amide bonds. The summed E-state index contributed by atoms with van der Waals surface area (Å²) in [4.78, 5) is 0. The quantitative estimate of drug-likeness (QED) is 0.766. The van der Waals surface area contributed by atoms with Crippen LogP contribution in [0.1, 0.15) is 30.1 Å². The van der Waals surface area contributed by atoms with Gasteiger partial charge >= 0.3 is 0 Å². The van der Waals surface area contributed by atoms with E-state index in [-0.39, 0.29) is 0 Å². The van der Waals surface area contributed by atoms with Gasteiger partial charge in [0.05, 0.1) is 12.2 Å². The minimum atomic E-state index is -0.500. The highest BCUT2D eigenvalue weighted by Gasteiger charge is 2.05. The third kappa shape index (κ3) is 2.89. The fourth-order valence-corrected chi connectivity index (χ4v) is 1.16. The largest absolute Gasteiger partial charge is 0.388 e. The molecule has 1 atom stereocenters. The van der Waals surface area contributed by atoms with Crippen LogP contribution in [0.3, 0.4) is 0 Å². The van der Waals surface area contributed by atoms with Crippen molar-refractivity contribution in [3.05, 3.63) is 35.4 Å². The molecule has 1 aromatic rings. The normalized spacial score (nSPS) is 12.1. The number of aliphatic hydroxyl groups excluding tert-OH is 1. The SMILES string of the molecule is Cc1ccc([C@H](O)CCC#N)cc1. The van der Waals surface area contributed by atoms with Gasteiger partial charge in [-0.15, -0.1) is 0 Å². The van der Waals surface area contributed by atoms with Crippen molar-refractivity contribution in [3.8, 4) is 6.07 Å². The number of hydrogen-bond donors (Lipinski definition) is 1. The van der Waals surface area contributed by atoms with E-state index in [1.807, 2.05) is 37.3 Å². The van der Waals surface area contributed by atoms with E-state index in [4.69, 9.17) is 5.26 Å². The molecule has 1 aromatic carbocycles. The first-order valence-corrected chi connectivity index (χ1v) is 4.35. The highest BCUT2D eigenvalue weighted by molar-refractivity contribution is 5.23. The number of benzene rings is 1. The maximum atomic E-state index is 9.59. The lowest BCUT2D eigenvalue weighted by molar-refractivity contribution is 0.169. The van der Waals surface area contributed by atoms with E-state index in [2.05, 4.69) is 0 Å². The van der Waals surface area contributed by atoms with Gasteiger partial charge in [0.2, 0.25) is 0 Å². The summed E-state index contributed by atoms with van der Waals surface area (Å²) in [5.41, 5.74) is 2.07. The summed E-state index contributed by atoms with van der Waals surface area (Å²) in [6.07, 6.45) is 0.412. The lowest BCUT2D eigenvalue weighted by Gasteiger charge is -2.08. The van der Waals surface area contributed by atoms with Gasteiger partial charge in [0.15, 0.2) is 0 Å². The second kappa shape index (κ2) is 4.64. The molecule has 0 bridgehead atoms. The summed E-state index contributed by atoms with van der Waals surface area (Å²) in [7, 11) is 0. The van der Waals surface area contributed by atoms with Crippen molar-refractivity contribution in [1.82, 2.24) is 0 Å². The van der Waals surface area contributed by atoms with Gasteiger partial charge in [0.25, 0.3) is 0 Å². The Balaban J connectivity index is 2.62. The van der Waals surface area contributed by atoms with Crippen molar-refractivity contribution in [2.24, 2.45) is 0 Å². The van der Waals surface area contributed by atoms with Gasteiger partial charge in [0, 0.05) is 6.42 Å². The van der Waals surface area contributed by atoms with Gasteiger partial charge in [-0.05, 0) is 18.9 Å². The second-order valence-electron chi connectivity index (χ2n) is 3.12. The average Bonchev–Trinajstić information content (AvgIpc) is 2.15. The van der Waals surface area contributed by atoms with Crippen LogP contribution in [0.15, 0.2) is 24.3 Å². The van der Waals surface area contributed by atoms with E-state index >= 15 is 0 Å².